The third-order valence-electron chi connectivity index (χ3n) is 4.14. The molecule has 5 heteroatoms. The maximum absolute atomic E-state index is 13.7. The van der Waals surface area contributed by atoms with E-state index in [1.54, 1.807) is 36.5 Å². The van der Waals surface area contributed by atoms with Crippen molar-refractivity contribution in [2.75, 3.05) is 0 Å². The van der Waals surface area contributed by atoms with Crippen LogP contribution in [0.25, 0.3) is 0 Å². The van der Waals surface area contributed by atoms with Crippen LogP contribution in [0.1, 0.15) is 45.9 Å². The molecule has 3 nitrogen and oxygen atoms in total. The average molecular weight is 330 g/mol. The minimum absolute atomic E-state index is 0.229. The van der Waals surface area contributed by atoms with Crippen molar-refractivity contribution in [3.05, 3.63) is 57.0 Å². The standard InChI is InChI=1S/C18H19FN2OS/c1-11-7-8-16-13(9-11)10-17(23-16)18(22)21-20-12(2)14-5-3-4-6-15(14)19/h3-6,10-11H,7-9H2,1-2H3,(H,21,22)/b20-12+. The maximum Gasteiger partial charge on any atom is 0.281 e. The van der Waals surface area contributed by atoms with E-state index in [1.165, 1.54) is 22.9 Å². The number of thiophene rings is 1. The summed E-state index contributed by atoms with van der Waals surface area (Å²) in [6.45, 7) is 3.92. The van der Waals surface area contributed by atoms with Gasteiger partial charge >= 0.3 is 0 Å². The number of carbonyl (C=O) groups is 1. The van der Waals surface area contributed by atoms with Crippen LogP contribution in [0.2, 0.25) is 0 Å². The summed E-state index contributed by atoms with van der Waals surface area (Å²) in [5.74, 6) is 0.102. The SMILES string of the molecule is C/C(=N\NC(=O)c1cc2c(s1)CCC(C)C2)c1ccccc1F. The quantitative estimate of drug-likeness (QED) is 0.666. The van der Waals surface area contributed by atoms with Gasteiger partial charge in [0, 0.05) is 10.4 Å². The zero-order valence-corrected chi connectivity index (χ0v) is 14.0. The van der Waals surface area contributed by atoms with Crippen LogP contribution < -0.4 is 5.43 Å². The Morgan fingerprint density at radius 2 is 2.17 bits per heavy atom. The minimum atomic E-state index is -0.344. The number of carbonyl (C=O) groups excluding carboxylic acids is 1. The fourth-order valence-corrected chi connectivity index (χ4v) is 3.92. The van der Waals surface area contributed by atoms with E-state index in [0.717, 1.165) is 12.8 Å². The molecule has 1 unspecified atom stereocenters. The number of benzene rings is 1. The molecule has 0 spiro atoms. The predicted octanol–water partition coefficient (Wildman–Crippen LogP) is 4.17. The first-order chi connectivity index (χ1) is 11.0. The Morgan fingerprint density at radius 3 is 2.96 bits per heavy atom. The third-order valence-corrected chi connectivity index (χ3v) is 5.38. The molecule has 0 bridgehead atoms. The number of halogens is 1. The molecule has 0 fully saturated rings. The molecular weight excluding hydrogens is 311 g/mol. The Labute approximate surface area is 139 Å². The van der Waals surface area contributed by atoms with Crippen molar-refractivity contribution in [2.45, 2.75) is 33.1 Å². The summed E-state index contributed by atoms with van der Waals surface area (Å²) >= 11 is 1.54. The lowest BCUT2D eigenvalue weighted by atomic mass is 9.90. The molecule has 120 valence electrons. The van der Waals surface area contributed by atoms with Crippen molar-refractivity contribution in [1.82, 2.24) is 5.43 Å². The van der Waals surface area contributed by atoms with Gasteiger partial charge in [-0.25, -0.2) is 9.82 Å². The number of hydrazone groups is 1. The monoisotopic (exact) mass is 330 g/mol. The molecule has 3 rings (SSSR count). The topological polar surface area (TPSA) is 41.5 Å². The first-order valence-electron chi connectivity index (χ1n) is 7.75. The Balaban J connectivity index is 1.72. The summed E-state index contributed by atoms with van der Waals surface area (Å²) < 4.78 is 13.7. The number of amides is 1. The Morgan fingerprint density at radius 1 is 1.39 bits per heavy atom. The summed E-state index contributed by atoms with van der Waals surface area (Å²) in [5.41, 5.74) is 4.67. The zero-order valence-electron chi connectivity index (χ0n) is 13.2. The molecule has 1 aliphatic rings. The largest absolute Gasteiger partial charge is 0.281 e. The van der Waals surface area contributed by atoms with E-state index >= 15 is 0 Å². The smallest absolute Gasteiger partial charge is 0.266 e. The number of nitrogens with one attached hydrogen (secondary N) is 1. The molecule has 2 aromatic rings. The molecule has 1 atom stereocenters. The Bertz CT molecular complexity index is 766. The van der Waals surface area contributed by atoms with Gasteiger partial charge in [0.15, 0.2) is 0 Å². The normalized spacial score (nSPS) is 17.7. The van der Waals surface area contributed by atoms with E-state index in [-0.39, 0.29) is 11.7 Å². The van der Waals surface area contributed by atoms with E-state index in [2.05, 4.69) is 17.5 Å². The lowest BCUT2D eigenvalue weighted by Gasteiger charge is -2.16. The van der Waals surface area contributed by atoms with Crippen molar-refractivity contribution in [1.29, 1.82) is 0 Å². The molecule has 0 radical (unpaired) electrons. The number of hydrogen-bond donors (Lipinski definition) is 1. The van der Waals surface area contributed by atoms with Crippen molar-refractivity contribution >= 4 is 23.0 Å². The molecule has 1 aliphatic carbocycles. The second-order valence-corrected chi connectivity index (χ2v) is 7.16. The van der Waals surface area contributed by atoms with Gasteiger partial charge in [0.2, 0.25) is 0 Å². The molecule has 23 heavy (non-hydrogen) atoms. The van der Waals surface area contributed by atoms with Gasteiger partial charge in [-0.1, -0.05) is 25.1 Å². The molecule has 1 N–H and O–H groups in total. The van der Waals surface area contributed by atoms with Gasteiger partial charge in [-0.05, 0) is 49.8 Å². The molecule has 1 aromatic carbocycles. The second-order valence-electron chi connectivity index (χ2n) is 6.03. The van der Waals surface area contributed by atoms with Gasteiger partial charge in [-0.2, -0.15) is 5.10 Å². The van der Waals surface area contributed by atoms with Crippen LogP contribution in [0.5, 0.6) is 0 Å². The summed E-state index contributed by atoms with van der Waals surface area (Å²) in [7, 11) is 0. The maximum atomic E-state index is 13.7. The predicted molar refractivity (Wildman–Crippen MR) is 91.6 cm³/mol. The highest BCUT2D eigenvalue weighted by atomic mass is 32.1. The lowest BCUT2D eigenvalue weighted by molar-refractivity contribution is 0.0959. The van der Waals surface area contributed by atoms with Gasteiger partial charge in [0.05, 0.1) is 10.6 Å². The summed E-state index contributed by atoms with van der Waals surface area (Å²) in [6.07, 6.45) is 3.27. The Hall–Kier alpha value is -2.01. The van der Waals surface area contributed by atoms with E-state index in [9.17, 15) is 9.18 Å². The first kappa shape index (κ1) is 15.9. The molecular formula is C18H19FN2OS. The molecule has 0 saturated heterocycles. The first-order valence-corrected chi connectivity index (χ1v) is 8.57. The highest BCUT2D eigenvalue weighted by Crippen LogP contribution is 2.32. The minimum Gasteiger partial charge on any atom is -0.266 e. The van der Waals surface area contributed by atoms with Gasteiger partial charge in [0.25, 0.3) is 5.91 Å². The van der Waals surface area contributed by atoms with Crippen LogP contribution in [0.15, 0.2) is 35.4 Å². The fraction of sp³-hybridized carbons (Fsp3) is 0.333. The van der Waals surface area contributed by atoms with E-state index in [0.29, 0.717) is 22.1 Å². The number of hydrogen-bond acceptors (Lipinski definition) is 3. The molecule has 0 saturated carbocycles. The highest BCUT2D eigenvalue weighted by molar-refractivity contribution is 7.14. The van der Waals surface area contributed by atoms with Crippen LogP contribution in [0, 0.1) is 11.7 Å². The highest BCUT2D eigenvalue weighted by Gasteiger charge is 2.20. The number of rotatable bonds is 3. The van der Waals surface area contributed by atoms with Crippen LogP contribution in [-0.2, 0) is 12.8 Å². The van der Waals surface area contributed by atoms with Crippen LogP contribution >= 0.6 is 11.3 Å². The van der Waals surface area contributed by atoms with Crippen LogP contribution in [0.4, 0.5) is 4.39 Å². The van der Waals surface area contributed by atoms with Crippen LogP contribution in [0.3, 0.4) is 0 Å². The lowest BCUT2D eigenvalue weighted by Crippen LogP contribution is -2.18. The van der Waals surface area contributed by atoms with Gasteiger partial charge in [0.1, 0.15) is 5.82 Å². The van der Waals surface area contributed by atoms with Gasteiger partial charge < -0.3 is 0 Å². The van der Waals surface area contributed by atoms with E-state index < -0.39 is 0 Å². The second kappa shape index (κ2) is 6.62. The van der Waals surface area contributed by atoms with Gasteiger partial charge in [-0.3, -0.25) is 4.79 Å². The van der Waals surface area contributed by atoms with Gasteiger partial charge in [-0.15, -0.1) is 11.3 Å². The number of fused-ring (bicyclic) bond motifs is 1. The number of nitrogens with zero attached hydrogens (tertiary/aromatic N) is 1. The Kier molecular flexibility index (Phi) is 4.57. The molecule has 0 aliphatic heterocycles. The third kappa shape index (κ3) is 3.50. The fourth-order valence-electron chi connectivity index (χ4n) is 2.82. The molecule has 1 aromatic heterocycles. The summed E-state index contributed by atoms with van der Waals surface area (Å²) in [4.78, 5) is 14.2. The van der Waals surface area contributed by atoms with Crippen LogP contribution in [-0.4, -0.2) is 11.6 Å². The van der Waals surface area contributed by atoms with Crippen molar-refractivity contribution in [3.63, 3.8) is 0 Å². The zero-order chi connectivity index (χ0) is 16.4. The molecule has 1 heterocycles. The van der Waals surface area contributed by atoms with Crippen molar-refractivity contribution < 1.29 is 9.18 Å². The number of aryl methyl sites for hydroxylation is 1. The average Bonchev–Trinajstić information content (AvgIpc) is 2.95. The summed E-state index contributed by atoms with van der Waals surface area (Å²) in [6, 6.07) is 8.37. The van der Waals surface area contributed by atoms with Crippen molar-refractivity contribution in [2.24, 2.45) is 11.0 Å². The van der Waals surface area contributed by atoms with E-state index in [1.807, 2.05) is 6.07 Å². The van der Waals surface area contributed by atoms with E-state index in [4.69, 9.17) is 0 Å². The van der Waals surface area contributed by atoms with Crippen molar-refractivity contribution in [3.8, 4) is 0 Å². The summed E-state index contributed by atoms with van der Waals surface area (Å²) in [5, 5.41) is 4.04. The molecule has 1 amide bonds.